The summed E-state index contributed by atoms with van der Waals surface area (Å²) in [7, 11) is 1.86. The van der Waals surface area contributed by atoms with E-state index >= 15 is 0 Å². The maximum Gasteiger partial charge on any atom is 0.183 e. The van der Waals surface area contributed by atoms with Crippen LogP contribution in [0, 0.1) is 6.92 Å². The number of nitrogens with two attached hydrogens (primary N) is 1. The largest absolute Gasteiger partial charge is 0.308 e. The number of nitrogens with zero attached hydrogens (tertiary/aromatic N) is 4. The van der Waals surface area contributed by atoms with Gasteiger partial charge in [-0.05, 0) is 19.1 Å². The molecule has 0 fully saturated rings. The van der Waals surface area contributed by atoms with Crippen molar-refractivity contribution >= 4 is 27.4 Å². The summed E-state index contributed by atoms with van der Waals surface area (Å²) in [5, 5.41) is 5.24. The van der Waals surface area contributed by atoms with Crippen molar-refractivity contribution in [1.82, 2.24) is 19.7 Å². The summed E-state index contributed by atoms with van der Waals surface area (Å²) < 4.78 is 1.72. The number of aryl methyl sites for hydroxylation is 2. The number of hydrogen-bond acceptors (Lipinski definition) is 6. The van der Waals surface area contributed by atoms with E-state index in [0.29, 0.717) is 11.6 Å². The van der Waals surface area contributed by atoms with Crippen LogP contribution in [-0.4, -0.2) is 19.7 Å². The second-order valence-corrected chi connectivity index (χ2v) is 5.23. The number of anilines is 1. The van der Waals surface area contributed by atoms with Crippen LogP contribution in [-0.2, 0) is 7.05 Å². The van der Waals surface area contributed by atoms with E-state index in [4.69, 9.17) is 5.84 Å². The normalized spacial score (nSPS) is 11.1. The molecule has 0 aliphatic carbocycles. The predicted octanol–water partition coefficient (Wildman–Crippen LogP) is 1.69. The molecule has 0 amide bonds. The fourth-order valence-electron chi connectivity index (χ4n) is 1.80. The number of fused-ring (bicyclic) bond motifs is 1. The Morgan fingerprint density at radius 1 is 1.39 bits per heavy atom. The van der Waals surface area contributed by atoms with Crippen LogP contribution >= 0.6 is 11.3 Å². The maximum atomic E-state index is 5.52. The molecular weight excluding hydrogens is 248 g/mol. The molecule has 0 saturated heterocycles. The number of hydrazine groups is 1. The van der Waals surface area contributed by atoms with Gasteiger partial charge in [0.1, 0.15) is 10.5 Å². The van der Waals surface area contributed by atoms with E-state index in [1.54, 1.807) is 16.0 Å². The first-order valence-corrected chi connectivity index (χ1v) is 6.24. The highest BCUT2D eigenvalue weighted by Gasteiger charge is 2.12. The standard InChI is InChI=1S/C11H12N6S/c1-6-5-7-9(15-12)13-10(14-11(7)18-6)8-3-4-17(2)16-8/h3-5H,12H2,1-2H3,(H,13,14,15). The average molecular weight is 260 g/mol. The van der Waals surface area contributed by atoms with E-state index in [1.807, 2.05) is 32.3 Å². The van der Waals surface area contributed by atoms with Gasteiger partial charge in [0.2, 0.25) is 0 Å². The Kier molecular flexibility index (Phi) is 2.49. The number of nitrogens with one attached hydrogen (secondary N) is 1. The van der Waals surface area contributed by atoms with Gasteiger partial charge in [-0.1, -0.05) is 0 Å². The molecule has 0 radical (unpaired) electrons. The summed E-state index contributed by atoms with van der Waals surface area (Å²) in [6, 6.07) is 3.90. The van der Waals surface area contributed by atoms with Gasteiger partial charge in [-0.25, -0.2) is 15.8 Å². The molecule has 0 unspecified atom stereocenters. The zero-order valence-electron chi connectivity index (χ0n) is 10.0. The number of hydrogen-bond donors (Lipinski definition) is 2. The van der Waals surface area contributed by atoms with E-state index in [9.17, 15) is 0 Å². The molecule has 3 heterocycles. The summed E-state index contributed by atoms with van der Waals surface area (Å²) in [5.41, 5.74) is 3.36. The van der Waals surface area contributed by atoms with Crippen molar-refractivity contribution in [3.8, 4) is 11.5 Å². The van der Waals surface area contributed by atoms with Gasteiger partial charge in [-0.3, -0.25) is 4.68 Å². The molecule has 0 atom stereocenters. The van der Waals surface area contributed by atoms with E-state index in [2.05, 4.69) is 20.5 Å². The Morgan fingerprint density at radius 3 is 2.89 bits per heavy atom. The first-order valence-electron chi connectivity index (χ1n) is 5.42. The Morgan fingerprint density at radius 2 is 2.22 bits per heavy atom. The number of nitrogen functional groups attached to an aromatic ring is 1. The van der Waals surface area contributed by atoms with E-state index in [-0.39, 0.29) is 0 Å². The summed E-state index contributed by atoms with van der Waals surface area (Å²) in [6.07, 6.45) is 1.86. The van der Waals surface area contributed by atoms with Crippen molar-refractivity contribution in [1.29, 1.82) is 0 Å². The molecule has 0 aliphatic rings. The van der Waals surface area contributed by atoms with Gasteiger partial charge in [0.15, 0.2) is 11.6 Å². The lowest BCUT2D eigenvalue weighted by Gasteiger charge is -2.02. The summed E-state index contributed by atoms with van der Waals surface area (Å²) >= 11 is 1.62. The SMILES string of the molecule is Cc1cc2c(NN)nc(-c3ccn(C)n3)nc2s1. The molecule has 18 heavy (non-hydrogen) atoms. The molecule has 3 rings (SSSR count). The monoisotopic (exact) mass is 260 g/mol. The van der Waals surface area contributed by atoms with E-state index < -0.39 is 0 Å². The Hall–Kier alpha value is -1.99. The smallest absolute Gasteiger partial charge is 0.183 e. The molecule has 0 saturated carbocycles. The number of aromatic nitrogens is 4. The van der Waals surface area contributed by atoms with Crippen LogP contribution in [0.1, 0.15) is 4.88 Å². The van der Waals surface area contributed by atoms with Crippen molar-refractivity contribution in [2.45, 2.75) is 6.92 Å². The molecule has 0 spiro atoms. The van der Waals surface area contributed by atoms with Gasteiger partial charge in [0.25, 0.3) is 0 Å². The summed E-state index contributed by atoms with van der Waals surface area (Å²) in [6.45, 7) is 2.03. The van der Waals surface area contributed by atoms with Crippen LogP contribution in [0.3, 0.4) is 0 Å². The highest BCUT2D eigenvalue weighted by Crippen LogP contribution is 2.29. The van der Waals surface area contributed by atoms with E-state index in [1.165, 1.54) is 4.88 Å². The molecule has 3 aromatic heterocycles. The Bertz CT molecular complexity index is 713. The second-order valence-electron chi connectivity index (χ2n) is 3.99. The minimum absolute atomic E-state index is 0.581. The van der Waals surface area contributed by atoms with Crippen molar-refractivity contribution < 1.29 is 0 Å². The molecule has 3 N–H and O–H groups in total. The van der Waals surface area contributed by atoms with Crippen LogP contribution < -0.4 is 11.3 Å². The molecule has 7 heteroatoms. The van der Waals surface area contributed by atoms with Crippen LogP contribution in [0.5, 0.6) is 0 Å². The minimum atomic E-state index is 0.581. The lowest BCUT2D eigenvalue weighted by molar-refractivity contribution is 0.769. The molecule has 92 valence electrons. The van der Waals surface area contributed by atoms with Gasteiger partial charge in [-0.15, -0.1) is 11.3 Å². The molecule has 3 aromatic rings. The first-order chi connectivity index (χ1) is 8.67. The summed E-state index contributed by atoms with van der Waals surface area (Å²) in [4.78, 5) is 11.0. The average Bonchev–Trinajstić information content (AvgIpc) is 2.92. The summed E-state index contributed by atoms with van der Waals surface area (Å²) in [5.74, 6) is 6.73. The third kappa shape index (κ3) is 1.73. The van der Waals surface area contributed by atoms with Crippen molar-refractivity contribution in [3.05, 3.63) is 23.2 Å². The maximum absolute atomic E-state index is 5.52. The molecular formula is C11H12N6S. The first kappa shape index (κ1) is 11.1. The quantitative estimate of drug-likeness (QED) is 0.541. The van der Waals surface area contributed by atoms with Crippen molar-refractivity contribution in [2.75, 3.05) is 5.43 Å². The van der Waals surface area contributed by atoms with Gasteiger partial charge in [-0.2, -0.15) is 5.10 Å². The highest BCUT2D eigenvalue weighted by molar-refractivity contribution is 7.18. The zero-order chi connectivity index (χ0) is 12.7. The number of rotatable bonds is 2. The third-order valence-corrected chi connectivity index (χ3v) is 3.54. The van der Waals surface area contributed by atoms with Gasteiger partial charge < -0.3 is 5.43 Å². The highest BCUT2D eigenvalue weighted by atomic mass is 32.1. The van der Waals surface area contributed by atoms with Gasteiger partial charge in [0.05, 0.1) is 5.39 Å². The molecule has 0 bridgehead atoms. The second kappa shape index (κ2) is 4.04. The van der Waals surface area contributed by atoms with E-state index in [0.717, 1.165) is 15.9 Å². The van der Waals surface area contributed by atoms with Crippen LogP contribution in [0.2, 0.25) is 0 Å². The zero-order valence-corrected chi connectivity index (χ0v) is 10.8. The van der Waals surface area contributed by atoms with Crippen LogP contribution in [0.4, 0.5) is 5.82 Å². The minimum Gasteiger partial charge on any atom is -0.308 e. The van der Waals surface area contributed by atoms with Crippen molar-refractivity contribution in [2.24, 2.45) is 12.9 Å². The van der Waals surface area contributed by atoms with Gasteiger partial charge >= 0.3 is 0 Å². The predicted molar refractivity (Wildman–Crippen MR) is 72.2 cm³/mol. The lowest BCUT2D eigenvalue weighted by Crippen LogP contribution is -2.09. The number of thiophene rings is 1. The van der Waals surface area contributed by atoms with Crippen LogP contribution in [0.15, 0.2) is 18.3 Å². The topological polar surface area (TPSA) is 81.6 Å². The third-order valence-electron chi connectivity index (χ3n) is 2.60. The van der Waals surface area contributed by atoms with Gasteiger partial charge in [0, 0.05) is 18.1 Å². The van der Waals surface area contributed by atoms with Crippen molar-refractivity contribution in [3.63, 3.8) is 0 Å². The molecule has 0 aromatic carbocycles. The Balaban J connectivity index is 2.24. The lowest BCUT2D eigenvalue weighted by atomic mass is 10.3. The molecule has 6 nitrogen and oxygen atoms in total. The fraction of sp³-hybridized carbons (Fsp3) is 0.182. The Labute approximate surface area is 107 Å². The molecule has 0 aliphatic heterocycles. The van der Waals surface area contributed by atoms with Crippen LogP contribution in [0.25, 0.3) is 21.7 Å². The fourth-order valence-corrected chi connectivity index (χ4v) is 2.68.